The van der Waals surface area contributed by atoms with Gasteiger partial charge in [0.15, 0.2) is 0 Å². The van der Waals surface area contributed by atoms with Crippen molar-refractivity contribution in [2.75, 3.05) is 6.61 Å². The van der Waals surface area contributed by atoms with Crippen molar-refractivity contribution < 1.29 is 24.2 Å². The molecule has 0 fully saturated rings. The number of hydrogen-bond donors (Lipinski definition) is 1. The van der Waals surface area contributed by atoms with E-state index in [0.29, 0.717) is 0 Å². The number of ether oxygens (including phenoxy) is 2. The monoisotopic (exact) mass is 204 g/mol. The van der Waals surface area contributed by atoms with Crippen molar-refractivity contribution in [3.05, 3.63) is 0 Å². The number of rotatable bonds is 4. The molecular formula is C9H16O5. The third-order valence-electron chi connectivity index (χ3n) is 1.79. The van der Waals surface area contributed by atoms with E-state index in [1.807, 2.05) is 0 Å². The van der Waals surface area contributed by atoms with Gasteiger partial charge in [-0.15, -0.1) is 0 Å². The topological polar surface area (TPSA) is 72.8 Å². The summed E-state index contributed by atoms with van der Waals surface area (Å²) in [6.45, 7) is 5.26. The van der Waals surface area contributed by atoms with Crippen LogP contribution < -0.4 is 0 Å². The average Bonchev–Trinajstić information content (AvgIpc) is 1.99. The van der Waals surface area contributed by atoms with Gasteiger partial charge in [0.2, 0.25) is 0 Å². The molecule has 0 aliphatic heterocycles. The van der Waals surface area contributed by atoms with E-state index < -0.39 is 23.6 Å². The third kappa shape index (κ3) is 4.81. The number of carbonyl (C=O) groups excluding carboxylic acids is 2. The zero-order valence-corrected chi connectivity index (χ0v) is 8.86. The maximum Gasteiger partial charge on any atom is 0.302 e. The number of esters is 2. The van der Waals surface area contributed by atoms with E-state index in [-0.39, 0.29) is 6.61 Å². The van der Waals surface area contributed by atoms with Crippen LogP contribution in [0.1, 0.15) is 27.7 Å². The lowest BCUT2D eigenvalue weighted by molar-refractivity contribution is -0.170. The highest BCUT2D eigenvalue weighted by Gasteiger charge is 2.32. The Kier molecular flexibility index (Phi) is 4.56. The van der Waals surface area contributed by atoms with E-state index in [2.05, 4.69) is 4.74 Å². The molecule has 0 aliphatic carbocycles. The van der Waals surface area contributed by atoms with E-state index in [9.17, 15) is 14.7 Å². The first-order valence-electron chi connectivity index (χ1n) is 4.28. The maximum absolute atomic E-state index is 10.6. The summed E-state index contributed by atoms with van der Waals surface area (Å²) in [5.74, 6) is -0.971. The molecule has 2 atom stereocenters. The number of aliphatic hydroxyl groups is 1. The Labute approximate surface area is 83.0 Å². The summed E-state index contributed by atoms with van der Waals surface area (Å²) in [7, 11) is 0. The van der Waals surface area contributed by atoms with Crippen molar-refractivity contribution in [2.24, 2.45) is 0 Å². The van der Waals surface area contributed by atoms with Gasteiger partial charge >= 0.3 is 11.9 Å². The van der Waals surface area contributed by atoms with Crippen LogP contribution in [0, 0.1) is 0 Å². The van der Waals surface area contributed by atoms with Crippen molar-refractivity contribution in [1.82, 2.24) is 0 Å². The van der Waals surface area contributed by atoms with Crippen LogP contribution in [0.4, 0.5) is 0 Å². The quantitative estimate of drug-likeness (QED) is 0.664. The Bertz CT molecular complexity index is 221. The molecule has 14 heavy (non-hydrogen) atoms. The first kappa shape index (κ1) is 12.9. The van der Waals surface area contributed by atoms with E-state index in [1.54, 1.807) is 0 Å². The Hall–Kier alpha value is -1.10. The molecule has 1 N–H and O–H groups in total. The van der Waals surface area contributed by atoms with Crippen LogP contribution in [0.2, 0.25) is 0 Å². The van der Waals surface area contributed by atoms with Gasteiger partial charge in [-0.25, -0.2) is 0 Å². The summed E-state index contributed by atoms with van der Waals surface area (Å²) >= 11 is 0. The fourth-order valence-electron chi connectivity index (χ4n) is 0.741. The van der Waals surface area contributed by atoms with Gasteiger partial charge in [0.1, 0.15) is 18.3 Å². The molecule has 0 spiro atoms. The second kappa shape index (κ2) is 4.95. The maximum atomic E-state index is 10.6. The molecule has 0 aliphatic rings. The third-order valence-corrected chi connectivity index (χ3v) is 1.79. The van der Waals surface area contributed by atoms with Crippen molar-refractivity contribution in [3.8, 4) is 0 Å². The highest BCUT2D eigenvalue weighted by atomic mass is 16.6. The molecule has 0 heterocycles. The van der Waals surface area contributed by atoms with E-state index >= 15 is 0 Å². The zero-order valence-electron chi connectivity index (χ0n) is 8.86. The molecule has 0 radical (unpaired) electrons. The first-order chi connectivity index (χ1) is 6.25. The molecule has 0 aromatic carbocycles. The fraction of sp³-hybridized carbons (Fsp3) is 0.778. The summed E-state index contributed by atoms with van der Waals surface area (Å²) < 4.78 is 9.40. The number of carbonyl (C=O) groups is 2. The average molecular weight is 204 g/mol. The van der Waals surface area contributed by atoms with E-state index in [1.165, 1.54) is 27.7 Å². The lowest BCUT2D eigenvalue weighted by Crippen LogP contribution is -2.44. The summed E-state index contributed by atoms with van der Waals surface area (Å²) in [6, 6.07) is 0. The SMILES string of the molecule is CC(=O)OC[C@@](C)(O)[C@H](C)OC(C)=O. The molecule has 0 aromatic rings. The first-order valence-corrected chi connectivity index (χ1v) is 4.28. The van der Waals surface area contributed by atoms with Crippen molar-refractivity contribution >= 4 is 11.9 Å². The summed E-state index contributed by atoms with van der Waals surface area (Å²) in [4.78, 5) is 21.1. The van der Waals surface area contributed by atoms with Gasteiger partial charge in [-0.05, 0) is 13.8 Å². The van der Waals surface area contributed by atoms with Crippen molar-refractivity contribution in [3.63, 3.8) is 0 Å². The molecule has 5 nitrogen and oxygen atoms in total. The summed E-state index contributed by atoms with van der Waals surface area (Å²) in [6.07, 6.45) is -0.723. The molecule has 0 aromatic heterocycles. The van der Waals surface area contributed by atoms with Crippen LogP contribution in [0.3, 0.4) is 0 Å². The van der Waals surface area contributed by atoms with Gasteiger partial charge in [-0.1, -0.05) is 0 Å². The minimum Gasteiger partial charge on any atom is -0.463 e. The Balaban J connectivity index is 4.15. The minimum absolute atomic E-state index is 0.198. The Morgan fingerprint density at radius 1 is 1.36 bits per heavy atom. The predicted molar refractivity (Wildman–Crippen MR) is 48.5 cm³/mol. The minimum atomic E-state index is -1.36. The van der Waals surface area contributed by atoms with Gasteiger partial charge in [-0.2, -0.15) is 0 Å². The normalized spacial score (nSPS) is 16.6. The van der Waals surface area contributed by atoms with Crippen molar-refractivity contribution in [2.45, 2.75) is 39.4 Å². The van der Waals surface area contributed by atoms with E-state index in [4.69, 9.17) is 4.74 Å². The summed E-state index contributed by atoms with van der Waals surface area (Å²) in [5, 5.41) is 9.73. The second-order valence-corrected chi connectivity index (χ2v) is 3.39. The standard InChI is InChI=1S/C9H16O5/c1-6(14-8(3)11)9(4,12)5-13-7(2)10/h6,12H,5H2,1-4H3/t6-,9+/m0/s1. The van der Waals surface area contributed by atoms with Crippen LogP contribution >= 0.6 is 0 Å². The second-order valence-electron chi connectivity index (χ2n) is 3.39. The fourth-order valence-corrected chi connectivity index (χ4v) is 0.741. The Morgan fingerprint density at radius 3 is 2.21 bits per heavy atom. The smallest absolute Gasteiger partial charge is 0.302 e. The van der Waals surface area contributed by atoms with Crippen LogP contribution in [-0.4, -0.2) is 35.4 Å². The number of hydrogen-bond acceptors (Lipinski definition) is 5. The largest absolute Gasteiger partial charge is 0.463 e. The molecule has 5 heteroatoms. The molecular weight excluding hydrogens is 188 g/mol. The van der Waals surface area contributed by atoms with Gasteiger partial charge in [0.25, 0.3) is 0 Å². The van der Waals surface area contributed by atoms with Gasteiger partial charge < -0.3 is 14.6 Å². The van der Waals surface area contributed by atoms with Crippen LogP contribution in [0.5, 0.6) is 0 Å². The Morgan fingerprint density at radius 2 is 1.86 bits per heavy atom. The highest BCUT2D eigenvalue weighted by molar-refractivity contribution is 5.66. The van der Waals surface area contributed by atoms with Crippen molar-refractivity contribution in [1.29, 1.82) is 0 Å². The molecule has 0 saturated heterocycles. The van der Waals surface area contributed by atoms with Gasteiger partial charge in [0.05, 0.1) is 0 Å². The zero-order chi connectivity index (χ0) is 11.4. The van der Waals surface area contributed by atoms with Gasteiger partial charge in [-0.3, -0.25) is 9.59 Å². The van der Waals surface area contributed by atoms with Crippen LogP contribution in [0.15, 0.2) is 0 Å². The molecule has 82 valence electrons. The highest BCUT2D eigenvalue weighted by Crippen LogP contribution is 2.13. The lowest BCUT2D eigenvalue weighted by atomic mass is 10.0. The molecule has 0 saturated carbocycles. The van der Waals surface area contributed by atoms with Crippen LogP contribution in [-0.2, 0) is 19.1 Å². The van der Waals surface area contributed by atoms with Crippen LogP contribution in [0.25, 0.3) is 0 Å². The summed E-state index contributed by atoms with van der Waals surface area (Å²) in [5.41, 5.74) is -1.36. The predicted octanol–water partition coefficient (Wildman–Crippen LogP) is 0.252. The molecule has 0 rings (SSSR count). The molecule has 0 unspecified atom stereocenters. The molecule has 0 bridgehead atoms. The lowest BCUT2D eigenvalue weighted by Gasteiger charge is -2.28. The molecule has 0 amide bonds. The van der Waals surface area contributed by atoms with E-state index in [0.717, 1.165) is 0 Å². The van der Waals surface area contributed by atoms with Gasteiger partial charge in [0, 0.05) is 13.8 Å².